The Morgan fingerprint density at radius 2 is 2.00 bits per heavy atom. The number of benzene rings is 2. The number of nitrogens with one attached hydrogen (secondary N) is 2. The Bertz CT molecular complexity index is 1030. The van der Waals surface area contributed by atoms with Gasteiger partial charge in [-0.15, -0.1) is 24.8 Å². The number of ether oxygens (including phenoxy) is 1. The molecular formula is C22H24Cl2FN3O3. The number of oxazole rings is 1. The molecule has 0 bridgehead atoms. The maximum atomic E-state index is 14.6. The van der Waals surface area contributed by atoms with Gasteiger partial charge in [-0.05, 0) is 54.4 Å². The summed E-state index contributed by atoms with van der Waals surface area (Å²) in [5.41, 5.74) is 2.72. The molecule has 0 fully saturated rings. The molecule has 6 nitrogen and oxygen atoms in total. The molecule has 0 aliphatic carbocycles. The summed E-state index contributed by atoms with van der Waals surface area (Å²) in [5, 5.41) is 5.87. The quantitative estimate of drug-likeness (QED) is 0.555. The second-order valence-corrected chi connectivity index (χ2v) is 6.89. The van der Waals surface area contributed by atoms with Crippen LogP contribution in [0.4, 0.5) is 10.1 Å². The van der Waals surface area contributed by atoms with Crippen molar-refractivity contribution in [1.29, 1.82) is 0 Å². The molecule has 1 aliphatic heterocycles. The summed E-state index contributed by atoms with van der Waals surface area (Å²) in [6.07, 6.45) is 2.74. The molecule has 1 amide bonds. The van der Waals surface area contributed by atoms with E-state index in [1.165, 1.54) is 0 Å². The number of amides is 1. The van der Waals surface area contributed by atoms with Crippen LogP contribution in [0.15, 0.2) is 47.0 Å². The van der Waals surface area contributed by atoms with E-state index in [0.29, 0.717) is 36.6 Å². The lowest BCUT2D eigenvalue weighted by atomic mass is 9.99. The van der Waals surface area contributed by atoms with Crippen molar-refractivity contribution in [3.63, 3.8) is 0 Å². The molecule has 31 heavy (non-hydrogen) atoms. The van der Waals surface area contributed by atoms with Crippen molar-refractivity contribution in [2.24, 2.45) is 0 Å². The first-order valence-electron chi connectivity index (χ1n) is 9.54. The minimum Gasteiger partial charge on any atom is -0.497 e. The number of aromatic nitrogens is 1. The average Bonchev–Trinajstić information content (AvgIpc) is 3.24. The molecule has 1 aromatic heterocycles. The van der Waals surface area contributed by atoms with Crippen LogP contribution in [0.1, 0.15) is 23.4 Å². The van der Waals surface area contributed by atoms with Crippen LogP contribution in [0.2, 0.25) is 0 Å². The van der Waals surface area contributed by atoms with Crippen LogP contribution in [0.5, 0.6) is 5.75 Å². The lowest BCUT2D eigenvalue weighted by molar-refractivity contribution is -0.116. The Kier molecular flexibility index (Phi) is 8.86. The normalized spacial score (nSPS) is 12.2. The summed E-state index contributed by atoms with van der Waals surface area (Å²) in [6.45, 7) is 1.39. The molecule has 4 rings (SSSR count). The fourth-order valence-electron chi connectivity index (χ4n) is 3.38. The van der Waals surface area contributed by atoms with E-state index in [0.717, 1.165) is 23.4 Å². The average molecular weight is 468 g/mol. The smallest absolute Gasteiger partial charge is 0.224 e. The monoisotopic (exact) mass is 467 g/mol. The van der Waals surface area contributed by atoms with Crippen LogP contribution in [0.3, 0.4) is 0 Å². The standard InChI is InChI=1S/C22H22FN3O3.2ClH/c1-28-16-5-2-14(3-6-16)19-13-25-21(29-19)9-8-20(27)26-18-7-4-15-12-24-11-10-17(15)22(18)23;;/h2-7,13,24H,8-12H2,1H3,(H,26,27);2*1H. The predicted molar refractivity (Wildman–Crippen MR) is 122 cm³/mol. The van der Waals surface area contributed by atoms with Gasteiger partial charge in [0.1, 0.15) is 11.6 Å². The van der Waals surface area contributed by atoms with Crippen molar-refractivity contribution in [1.82, 2.24) is 10.3 Å². The van der Waals surface area contributed by atoms with E-state index in [2.05, 4.69) is 15.6 Å². The highest BCUT2D eigenvalue weighted by Gasteiger charge is 2.18. The molecule has 0 unspecified atom stereocenters. The molecule has 2 heterocycles. The van der Waals surface area contributed by atoms with E-state index in [1.54, 1.807) is 19.4 Å². The number of anilines is 1. The summed E-state index contributed by atoms with van der Waals surface area (Å²) in [5.74, 6) is 1.23. The number of carbonyl (C=O) groups excluding carboxylic acids is 1. The first-order chi connectivity index (χ1) is 14.1. The maximum Gasteiger partial charge on any atom is 0.224 e. The third-order valence-corrected chi connectivity index (χ3v) is 4.98. The van der Waals surface area contributed by atoms with Gasteiger partial charge in [0.05, 0.1) is 19.0 Å². The number of fused-ring (bicyclic) bond motifs is 1. The summed E-state index contributed by atoms with van der Waals surface area (Å²) in [4.78, 5) is 16.5. The van der Waals surface area contributed by atoms with Gasteiger partial charge < -0.3 is 19.8 Å². The van der Waals surface area contributed by atoms with Crippen LogP contribution in [-0.4, -0.2) is 24.5 Å². The zero-order valence-corrected chi connectivity index (χ0v) is 18.6. The summed E-state index contributed by atoms with van der Waals surface area (Å²) >= 11 is 0. The number of hydrogen-bond acceptors (Lipinski definition) is 5. The Labute approximate surface area is 192 Å². The first kappa shape index (κ1) is 24.7. The van der Waals surface area contributed by atoms with Gasteiger partial charge in [-0.3, -0.25) is 4.79 Å². The number of carbonyl (C=O) groups is 1. The summed E-state index contributed by atoms with van der Waals surface area (Å²) < 4.78 is 25.5. The number of nitrogens with zero attached hydrogens (tertiary/aromatic N) is 1. The Balaban J connectivity index is 0.00000171. The molecule has 0 radical (unpaired) electrons. The molecule has 0 saturated carbocycles. The molecule has 1 aliphatic rings. The van der Waals surface area contributed by atoms with Crippen LogP contribution in [0.25, 0.3) is 11.3 Å². The van der Waals surface area contributed by atoms with E-state index in [1.807, 2.05) is 30.3 Å². The lowest BCUT2D eigenvalue weighted by Gasteiger charge is -2.19. The van der Waals surface area contributed by atoms with Gasteiger partial charge in [-0.2, -0.15) is 0 Å². The Morgan fingerprint density at radius 3 is 2.74 bits per heavy atom. The van der Waals surface area contributed by atoms with Gasteiger partial charge in [0.15, 0.2) is 11.7 Å². The number of hydrogen-bond donors (Lipinski definition) is 2. The van der Waals surface area contributed by atoms with Crippen molar-refractivity contribution in [3.8, 4) is 17.1 Å². The van der Waals surface area contributed by atoms with Gasteiger partial charge in [-0.25, -0.2) is 9.37 Å². The van der Waals surface area contributed by atoms with Gasteiger partial charge in [-0.1, -0.05) is 6.07 Å². The van der Waals surface area contributed by atoms with Crippen LogP contribution >= 0.6 is 24.8 Å². The van der Waals surface area contributed by atoms with Crippen LogP contribution < -0.4 is 15.4 Å². The van der Waals surface area contributed by atoms with E-state index in [4.69, 9.17) is 9.15 Å². The topological polar surface area (TPSA) is 76.4 Å². The molecule has 0 saturated heterocycles. The number of methoxy groups -OCH3 is 1. The maximum absolute atomic E-state index is 14.6. The molecule has 0 atom stereocenters. The SMILES string of the molecule is COc1ccc(-c2cnc(CCC(=O)Nc3ccc4c(c3F)CCNC4)o2)cc1.Cl.Cl. The largest absolute Gasteiger partial charge is 0.497 e. The Hall–Kier alpha value is -2.61. The lowest BCUT2D eigenvalue weighted by Crippen LogP contribution is -2.25. The summed E-state index contributed by atoms with van der Waals surface area (Å²) in [7, 11) is 1.61. The Morgan fingerprint density at radius 1 is 1.23 bits per heavy atom. The molecule has 2 aromatic carbocycles. The zero-order chi connectivity index (χ0) is 20.2. The highest BCUT2D eigenvalue weighted by molar-refractivity contribution is 5.91. The van der Waals surface area contributed by atoms with E-state index < -0.39 is 0 Å². The first-order valence-corrected chi connectivity index (χ1v) is 9.54. The molecule has 166 valence electrons. The molecule has 9 heteroatoms. The third kappa shape index (κ3) is 5.76. The predicted octanol–water partition coefficient (Wildman–Crippen LogP) is 4.55. The van der Waals surface area contributed by atoms with E-state index >= 15 is 0 Å². The minimum atomic E-state index is -0.338. The fourth-order valence-corrected chi connectivity index (χ4v) is 3.38. The van der Waals surface area contributed by atoms with Crippen molar-refractivity contribution < 1.29 is 18.3 Å². The van der Waals surface area contributed by atoms with Crippen molar-refractivity contribution in [2.75, 3.05) is 19.0 Å². The fraction of sp³-hybridized carbons (Fsp3) is 0.273. The minimum absolute atomic E-state index is 0. The summed E-state index contributed by atoms with van der Waals surface area (Å²) in [6, 6.07) is 10.9. The van der Waals surface area contributed by atoms with Gasteiger partial charge in [0, 0.05) is 24.9 Å². The van der Waals surface area contributed by atoms with Crippen molar-refractivity contribution >= 4 is 36.4 Å². The molecule has 3 aromatic rings. The second kappa shape index (κ2) is 11.1. The molecular weight excluding hydrogens is 444 g/mol. The van der Waals surface area contributed by atoms with E-state index in [9.17, 15) is 9.18 Å². The second-order valence-electron chi connectivity index (χ2n) is 6.89. The zero-order valence-electron chi connectivity index (χ0n) is 16.9. The number of rotatable bonds is 6. The van der Waals surface area contributed by atoms with Gasteiger partial charge in [0.25, 0.3) is 0 Å². The highest BCUT2D eigenvalue weighted by Crippen LogP contribution is 2.25. The highest BCUT2D eigenvalue weighted by atomic mass is 35.5. The number of aryl methyl sites for hydroxylation is 1. The van der Waals surface area contributed by atoms with Gasteiger partial charge >= 0.3 is 0 Å². The van der Waals surface area contributed by atoms with Gasteiger partial charge in [0.2, 0.25) is 5.91 Å². The molecule has 2 N–H and O–H groups in total. The van der Waals surface area contributed by atoms with E-state index in [-0.39, 0.29) is 48.6 Å². The van der Waals surface area contributed by atoms with Crippen molar-refractivity contribution in [2.45, 2.75) is 25.8 Å². The molecule has 0 spiro atoms. The number of halogens is 3. The van der Waals surface area contributed by atoms with Crippen LogP contribution in [0, 0.1) is 5.82 Å². The van der Waals surface area contributed by atoms with Crippen LogP contribution in [-0.2, 0) is 24.2 Å². The third-order valence-electron chi connectivity index (χ3n) is 4.98. The van der Waals surface area contributed by atoms with Crippen molar-refractivity contribution in [3.05, 3.63) is 65.4 Å².